The molecule has 25 heavy (non-hydrogen) atoms. The SMILES string of the molecule is CCCOC1(C2CCC(C(F)F)CC2)C=CC(c2ccccc2)C=C1. The summed E-state index contributed by atoms with van der Waals surface area (Å²) in [6.07, 6.45) is 10.4. The van der Waals surface area contributed by atoms with Crippen LogP contribution in [-0.2, 0) is 4.74 Å². The predicted molar refractivity (Wildman–Crippen MR) is 97.9 cm³/mol. The highest BCUT2D eigenvalue weighted by molar-refractivity contribution is 5.36. The molecule has 0 saturated heterocycles. The van der Waals surface area contributed by atoms with Crippen molar-refractivity contribution in [3.05, 3.63) is 60.2 Å². The molecule has 1 aromatic carbocycles. The van der Waals surface area contributed by atoms with Crippen LogP contribution < -0.4 is 0 Å². The average molecular weight is 346 g/mol. The van der Waals surface area contributed by atoms with Gasteiger partial charge in [0, 0.05) is 18.4 Å². The van der Waals surface area contributed by atoms with Crippen LogP contribution in [0.1, 0.15) is 50.5 Å². The molecule has 1 aromatic rings. The average Bonchev–Trinajstić information content (AvgIpc) is 2.67. The van der Waals surface area contributed by atoms with E-state index >= 15 is 0 Å². The topological polar surface area (TPSA) is 9.23 Å². The third-order valence-electron chi connectivity index (χ3n) is 5.64. The third-order valence-corrected chi connectivity index (χ3v) is 5.64. The molecule has 0 N–H and O–H groups in total. The second kappa shape index (κ2) is 8.27. The zero-order valence-corrected chi connectivity index (χ0v) is 14.9. The van der Waals surface area contributed by atoms with Gasteiger partial charge in [0.1, 0.15) is 5.60 Å². The van der Waals surface area contributed by atoms with Crippen molar-refractivity contribution in [3.8, 4) is 0 Å². The van der Waals surface area contributed by atoms with Gasteiger partial charge in [-0.15, -0.1) is 0 Å². The van der Waals surface area contributed by atoms with E-state index in [0.29, 0.717) is 25.4 Å². The van der Waals surface area contributed by atoms with Crippen molar-refractivity contribution in [1.82, 2.24) is 0 Å². The first kappa shape index (κ1) is 18.3. The van der Waals surface area contributed by atoms with Gasteiger partial charge in [-0.05, 0) is 43.6 Å². The molecule has 1 fully saturated rings. The van der Waals surface area contributed by atoms with E-state index in [1.807, 2.05) is 6.07 Å². The standard InChI is InChI=1S/C22H28F2O/c1-2-16-25-22(20-10-8-19(9-11-20)21(23)24)14-12-18(13-15-22)17-6-4-3-5-7-17/h3-7,12-15,18-21H,2,8-11,16H2,1H3. The molecule has 3 heteroatoms. The largest absolute Gasteiger partial charge is 0.367 e. The Kier molecular flexibility index (Phi) is 6.06. The van der Waals surface area contributed by atoms with E-state index in [4.69, 9.17) is 4.74 Å². The Morgan fingerprint density at radius 3 is 2.24 bits per heavy atom. The lowest BCUT2D eigenvalue weighted by atomic mass is 9.71. The molecular weight excluding hydrogens is 318 g/mol. The smallest absolute Gasteiger partial charge is 0.241 e. The van der Waals surface area contributed by atoms with E-state index in [1.54, 1.807) is 0 Å². The monoisotopic (exact) mass is 346 g/mol. The summed E-state index contributed by atoms with van der Waals surface area (Å²) in [5.74, 6) is 0.114. The number of ether oxygens (including phenoxy) is 1. The molecule has 136 valence electrons. The van der Waals surface area contributed by atoms with E-state index < -0.39 is 17.9 Å². The normalized spacial score (nSPS) is 32.2. The summed E-state index contributed by atoms with van der Waals surface area (Å²) in [6, 6.07) is 10.4. The van der Waals surface area contributed by atoms with Crippen LogP contribution in [0.4, 0.5) is 8.78 Å². The van der Waals surface area contributed by atoms with Crippen molar-refractivity contribution in [2.24, 2.45) is 11.8 Å². The molecule has 0 aromatic heterocycles. The first-order chi connectivity index (χ1) is 12.1. The van der Waals surface area contributed by atoms with E-state index in [1.165, 1.54) is 5.56 Å². The molecule has 1 saturated carbocycles. The Hall–Kier alpha value is -1.48. The Balaban J connectivity index is 1.74. The van der Waals surface area contributed by atoms with E-state index in [0.717, 1.165) is 19.3 Å². The van der Waals surface area contributed by atoms with E-state index in [9.17, 15) is 8.78 Å². The molecule has 0 amide bonds. The molecule has 3 rings (SSSR count). The number of halogens is 2. The Morgan fingerprint density at radius 1 is 1.04 bits per heavy atom. The summed E-state index contributed by atoms with van der Waals surface area (Å²) < 4.78 is 32.2. The molecule has 0 radical (unpaired) electrons. The second-order valence-electron chi connectivity index (χ2n) is 7.30. The molecule has 2 aliphatic rings. The maximum Gasteiger partial charge on any atom is 0.241 e. The van der Waals surface area contributed by atoms with Crippen LogP contribution >= 0.6 is 0 Å². The molecule has 0 spiro atoms. The highest BCUT2D eigenvalue weighted by atomic mass is 19.3. The fourth-order valence-corrected chi connectivity index (χ4v) is 4.11. The predicted octanol–water partition coefficient (Wildman–Crippen LogP) is 6.13. The highest BCUT2D eigenvalue weighted by Crippen LogP contribution is 2.43. The second-order valence-corrected chi connectivity index (χ2v) is 7.30. The third kappa shape index (κ3) is 4.20. The number of hydrogen-bond acceptors (Lipinski definition) is 1. The zero-order chi connectivity index (χ0) is 17.7. The van der Waals surface area contributed by atoms with Crippen molar-refractivity contribution in [2.75, 3.05) is 6.61 Å². The maximum absolute atomic E-state index is 13.0. The van der Waals surface area contributed by atoms with Crippen molar-refractivity contribution in [3.63, 3.8) is 0 Å². The van der Waals surface area contributed by atoms with Crippen LogP contribution in [0, 0.1) is 11.8 Å². The number of allylic oxidation sites excluding steroid dienone is 2. The van der Waals surface area contributed by atoms with Gasteiger partial charge in [-0.1, -0.05) is 61.6 Å². The van der Waals surface area contributed by atoms with Crippen LogP contribution in [-0.4, -0.2) is 18.6 Å². The van der Waals surface area contributed by atoms with Gasteiger partial charge in [0.05, 0.1) is 0 Å². The van der Waals surface area contributed by atoms with Crippen LogP contribution in [0.3, 0.4) is 0 Å². The van der Waals surface area contributed by atoms with Crippen molar-refractivity contribution >= 4 is 0 Å². The minimum Gasteiger partial charge on any atom is -0.367 e. The minimum atomic E-state index is -2.19. The number of rotatable bonds is 6. The van der Waals surface area contributed by atoms with Crippen LogP contribution in [0.15, 0.2) is 54.6 Å². The fraction of sp³-hybridized carbons (Fsp3) is 0.545. The summed E-state index contributed by atoms with van der Waals surface area (Å²) in [5.41, 5.74) is 0.842. The molecule has 0 heterocycles. The number of benzene rings is 1. The molecule has 1 nitrogen and oxygen atoms in total. The van der Waals surface area contributed by atoms with Crippen LogP contribution in [0.25, 0.3) is 0 Å². The summed E-state index contributed by atoms with van der Waals surface area (Å²) in [6.45, 7) is 2.80. The van der Waals surface area contributed by atoms with Gasteiger partial charge in [-0.2, -0.15) is 0 Å². The lowest BCUT2D eigenvalue weighted by molar-refractivity contribution is -0.0434. The van der Waals surface area contributed by atoms with Gasteiger partial charge in [0.2, 0.25) is 6.43 Å². The van der Waals surface area contributed by atoms with Gasteiger partial charge < -0.3 is 4.74 Å². The van der Waals surface area contributed by atoms with Gasteiger partial charge in [-0.3, -0.25) is 0 Å². The fourth-order valence-electron chi connectivity index (χ4n) is 4.11. The molecule has 0 aliphatic heterocycles. The van der Waals surface area contributed by atoms with E-state index in [2.05, 4.69) is 55.5 Å². The van der Waals surface area contributed by atoms with E-state index in [-0.39, 0.29) is 5.92 Å². The lowest BCUT2D eigenvalue weighted by Crippen LogP contribution is -2.41. The molecular formula is C22H28F2O. The molecule has 0 bridgehead atoms. The van der Waals surface area contributed by atoms with Crippen molar-refractivity contribution in [2.45, 2.75) is 57.0 Å². The van der Waals surface area contributed by atoms with Crippen molar-refractivity contribution in [1.29, 1.82) is 0 Å². The number of alkyl halides is 2. The van der Waals surface area contributed by atoms with Crippen molar-refractivity contribution < 1.29 is 13.5 Å². The summed E-state index contributed by atoms with van der Waals surface area (Å²) in [4.78, 5) is 0. The highest BCUT2D eigenvalue weighted by Gasteiger charge is 2.40. The summed E-state index contributed by atoms with van der Waals surface area (Å²) >= 11 is 0. The summed E-state index contributed by atoms with van der Waals surface area (Å²) in [5, 5.41) is 0. The molecule has 0 atom stereocenters. The van der Waals surface area contributed by atoms with Gasteiger partial charge >= 0.3 is 0 Å². The number of hydrogen-bond donors (Lipinski definition) is 0. The first-order valence-electron chi connectivity index (χ1n) is 9.50. The van der Waals surface area contributed by atoms with Crippen LogP contribution in [0.2, 0.25) is 0 Å². The Morgan fingerprint density at radius 2 is 1.68 bits per heavy atom. The van der Waals surface area contributed by atoms with Gasteiger partial charge in [0.15, 0.2) is 0 Å². The zero-order valence-electron chi connectivity index (χ0n) is 14.9. The molecule has 2 aliphatic carbocycles. The first-order valence-corrected chi connectivity index (χ1v) is 9.50. The molecule has 0 unspecified atom stereocenters. The maximum atomic E-state index is 13.0. The van der Waals surface area contributed by atoms with Gasteiger partial charge in [-0.25, -0.2) is 8.78 Å². The van der Waals surface area contributed by atoms with Gasteiger partial charge in [0.25, 0.3) is 0 Å². The Bertz CT molecular complexity index is 571. The van der Waals surface area contributed by atoms with Crippen LogP contribution in [0.5, 0.6) is 0 Å². The Labute approximate surface area is 149 Å². The quantitative estimate of drug-likeness (QED) is 0.563. The minimum absolute atomic E-state index is 0.261. The summed E-state index contributed by atoms with van der Waals surface area (Å²) in [7, 11) is 0. The lowest BCUT2D eigenvalue weighted by Gasteiger charge is -2.42.